The van der Waals surface area contributed by atoms with Crippen molar-refractivity contribution >= 4 is 23.2 Å². The van der Waals surface area contributed by atoms with E-state index in [0.29, 0.717) is 44.4 Å². The monoisotopic (exact) mass is 349 g/mol. The number of para-hydroxylation sites is 1. The van der Waals surface area contributed by atoms with Crippen LogP contribution in [0.4, 0.5) is 17.5 Å². The molecule has 7 nitrogen and oxygen atoms in total. The summed E-state index contributed by atoms with van der Waals surface area (Å²) in [6, 6.07) is 11.9. The molecule has 0 aliphatic carbocycles. The van der Waals surface area contributed by atoms with Crippen LogP contribution in [-0.2, 0) is 11.2 Å². The highest BCUT2D eigenvalue weighted by Crippen LogP contribution is 2.37. The van der Waals surface area contributed by atoms with Gasteiger partial charge in [-0.1, -0.05) is 18.2 Å². The molecule has 3 heterocycles. The van der Waals surface area contributed by atoms with Crippen LogP contribution in [0.1, 0.15) is 11.3 Å². The maximum atomic E-state index is 10.4. The summed E-state index contributed by atoms with van der Waals surface area (Å²) in [5.74, 6) is 1.24. The summed E-state index contributed by atoms with van der Waals surface area (Å²) in [5, 5.41) is 19.3. The number of hydrogen-bond donors (Lipinski definition) is 1. The Hall–Kier alpha value is -3.11. The number of ether oxygens (including phenoxy) is 1. The van der Waals surface area contributed by atoms with Crippen LogP contribution in [0, 0.1) is 11.3 Å². The van der Waals surface area contributed by atoms with Crippen LogP contribution < -0.4 is 9.80 Å². The minimum Gasteiger partial charge on any atom is -0.505 e. The van der Waals surface area contributed by atoms with Gasteiger partial charge in [0.1, 0.15) is 11.5 Å². The molecule has 2 aliphatic heterocycles. The van der Waals surface area contributed by atoms with E-state index in [2.05, 4.69) is 14.8 Å². The molecule has 0 saturated carbocycles. The summed E-state index contributed by atoms with van der Waals surface area (Å²) in [7, 11) is 0. The van der Waals surface area contributed by atoms with Crippen LogP contribution in [0.15, 0.2) is 36.4 Å². The number of hydrogen-bond acceptors (Lipinski definition) is 7. The second-order valence-electron chi connectivity index (χ2n) is 6.17. The highest BCUT2D eigenvalue weighted by molar-refractivity contribution is 5.74. The van der Waals surface area contributed by atoms with E-state index < -0.39 is 0 Å². The molecule has 7 heteroatoms. The van der Waals surface area contributed by atoms with Gasteiger partial charge in [0.2, 0.25) is 5.95 Å². The van der Waals surface area contributed by atoms with Gasteiger partial charge in [-0.05, 0) is 18.6 Å². The molecule has 0 radical (unpaired) electrons. The fraction of sp³-hybridized carbons (Fsp3) is 0.316. The summed E-state index contributed by atoms with van der Waals surface area (Å²) in [6.07, 6.45) is 1.84. The van der Waals surface area contributed by atoms with Gasteiger partial charge in [-0.3, -0.25) is 0 Å². The third-order valence-electron chi connectivity index (χ3n) is 4.62. The van der Waals surface area contributed by atoms with Crippen molar-refractivity contribution in [3.05, 3.63) is 47.7 Å². The number of anilines is 3. The number of rotatable bonds is 3. The van der Waals surface area contributed by atoms with E-state index in [-0.39, 0.29) is 5.76 Å². The van der Waals surface area contributed by atoms with Gasteiger partial charge in [0.15, 0.2) is 5.76 Å². The standard InChI is InChI=1S/C19H19N5O2/c20-8-6-16(25)17-15-7-9-24(14-4-2-1-3-5-14)18(15)22-19(21-17)23-10-12-26-13-11-23/h1-6,25H,7,9-13H2/b16-6-. The SMILES string of the molecule is N#C/C=C(\O)c1nc(N2CCOCC2)nc2c1CCN2c1ccccc1. The Morgan fingerprint density at radius 3 is 2.65 bits per heavy atom. The third-order valence-corrected chi connectivity index (χ3v) is 4.62. The second-order valence-corrected chi connectivity index (χ2v) is 6.17. The van der Waals surface area contributed by atoms with E-state index in [0.717, 1.165) is 29.7 Å². The van der Waals surface area contributed by atoms with Gasteiger partial charge in [0.05, 0.1) is 25.4 Å². The first-order valence-electron chi connectivity index (χ1n) is 8.63. The van der Waals surface area contributed by atoms with Gasteiger partial charge >= 0.3 is 0 Å². The first kappa shape index (κ1) is 16.4. The van der Waals surface area contributed by atoms with Gasteiger partial charge in [-0.25, -0.2) is 4.98 Å². The molecular formula is C19H19N5O2. The molecule has 0 bridgehead atoms. The summed E-state index contributed by atoms with van der Waals surface area (Å²) < 4.78 is 5.41. The maximum Gasteiger partial charge on any atom is 0.228 e. The molecule has 1 saturated heterocycles. The minimum absolute atomic E-state index is 0.115. The van der Waals surface area contributed by atoms with Gasteiger partial charge < -0.3 is 19.6 Å². The van der Waals surface area contributed by atoms with Crippen LogP contribution in [0.2, 0.25) is 0 Å². The Morgan fingerprint density at radius 2 is 1.92 bits per heavy atom. The average Bonchev–Trinajstić information content (AvgIpc) is 3.13. The van der Waals surface area contributed by atoms with E-state index in [4.69, 9.17) is 15.0 Å². The zero-order chi connectivity index (χ0) is 17.9. The molecule has 1 aromatic heterocycles. The van der Waals surface area contributed by atoms with Crippen LogP contribution in [0.25, 0.3) is 5.76 Å². The van der Waals surface area contributed by atoms with Crippen molar-refractivity contribution in [2.24, 2.45) is 0 Å². The Morgan fingerprint density at radius 1 is 1.15 bits per heavy atom. The number of morpholine rings is 1. The average molecular weight is 349 g/mol. The van der Waals surface area contributed by atoms with Crippen molar-refractivity contribution in [2.75, 3.05) is 42.6 Å². The normalized spacial score (nSPS) is 17.1. The number of allylic oxidation sites excluding steroid dienone is 1. The predicted octanol–water partition coefficient (Wildman–Crippen LogP) is 2.43. The topological polar surface area (TPSA) is 85.5 Å². The number of aliphatic hydroxyl groups excluding tert-OH is 1. The van der Waals surface area contributed by atoms with Crippen molar-refractivity contribution in [2.45, 2.75) is 6.42 Å². The fourth-order valence-electron chi connectivity index (χ4n) is 3.35. The Labute approximate surface area is 151 Å². The van der Waals surface area contributed by atoms with Crippen molar-refractivity contribution in [3.63, 3.8) is 0 Å². The van der Waals surface area contributed by atoms with Crippen molar-refractivity contribution in [1.82, 2.24) is 9.97 Å². The van der Waals surface area contributed by atoms with E-state index in [1.54, 1.807) is 0 Å². The van der Waals surface area contributed by atoms with Gasteiger partial charge in [0, 0.05) is 30.9 Å². The Kier molecular flexibility index (Phi) is 4.42. The van der Waals surface area contributed by atoms with Crippen molar-refractivity contribution in [3.8, 4) is 6.07 Å². The molecule has 26 heavy (non-hydrogen) atoms. The van der Waals surface area contributed by atoms with Crippen LogP contribution in [0.3, 0.4) is 0 Å². The molecule has 0 amide bonds. The Balaban J connectivity index is 1.82. The molecule has 2 aliphatic rings. The molecule has 1 fully saturated rings. The summed E-state index contributed by atoms with van der Waals surface area (Å²) in [6.45, 7) is 3.41. The van der Waals surface area contributed by atoms with Crippen molar-refractivity contribution in [1.29, 1.82) is 5.26 Å². The first-order chi connectivity index (χ1) is 12.8. The number of benzene rings is 1. The molecular weight excluding hydrogens is 330 g/mol. The number of nitriles is 1. The van der Waals surface area contributed by atoms with E-state index in [1.807, 2.05) is 36.4 Å². The van der Waals surface area contributed by atoms with E-state index in [1.165, 1.54) is 0 Å². The third kappa shape index (κ3) is 2.95. The fourth-order valence-corrected chi connectivity index (χ4v) is 3.35. The lowest BCUT2D eigenvalue weighted by atomic mass is 10.1. The highest BCUT2D eigenvalue weighted by atomic mass is 16.5. The molecule has 1 N–H and O–H groups in total. The quantitative estimate of drug-likeness (QED) is 0.673. The van der Waals surface area contributed by atoms with Gasteiger partial charge in [-0.15, -0.1) is 0 Å². The lowest BCUT2D eigenvalue weighted by Gasteiger charge is -2.28. The minimum atomic E-state index is -0.115. The highest BCUT2D eigenvalue weighted by Gasteiger charge is 2.29. The Bertz CT molecular complexity index is 869. The lowest BCUT2D eigenvalue weighted by Crippen LogP contribution is -2.37. The summed E-state index contributed by atoms with van der Waals surface area (Å²) in [4.78, 5) is 13.6. The van der Waals surface area contributed by atoms with E-state index in [9.17, 15) is 5.11 Å². The largest absolute Gasteiger partial charge is 0.505 e. The first-order valence-corrected chi connectivity index (χ1v) is 8.63. The number of aliphatic hydroxyl groups is 1. The zero-order valence-electron chi connectivity index (χ0n) is 14.3. The zero-order valence-corrected chi connectivity index (χ0v) is 14.3. The maximum absolute atomic E-state index is 10.4. The molecule has 0 atom stereocenters. The number of fused-ring (bicyclic) bond motifs is 1. The number of nitrogens with zero attached hydrogens (tertiary/aromatic N) is 5. The van der Waals surface area contributed by atoms with Crippen LogP contribution in [-0.4, -0.2) is 47.9 Å². The molecule has 0 unspecified atom stereocenters. The van der Waals surface area contributed by atoms with E-state index >= 15 is 0 Å². The number of aromatic nitrogens is 2. The smallest absolute Gasteiger partial charge is 0.228 e. The van der Waals surface area contributed by atoms with Gasteiger partial charge in [-0.2, -0.15) is 10.2 Å². The lowest BCUT2D eigenvalue weighted by molar-refractivity contribution is 0.122. The van der Waals surface area contributed by atoms with Crippen molar-refractivity contribution < 1.29 is 9.84 Å². The molecule has 132 valence electrons. The molecule has 4 rings (SSSR count). The predicted molar refractivity (Wildman–Crippen MR) is 98.4 cm³/mol. The molecule has 1 aromatic carbocycles. The summed E-state index contributed by atoms with van der Waals surface area (Å²) >= 11 is 0. The molecule has 2 aromatic rings. The second kappa shape index (κ2) is 7.02. The van der Waals surface area contributed by atoms with Crippen LogP contribution >= 0.6 is 0 Å². The summed E-state index contributed by atoms with van der Waals surface area (Å²) in [5.41, 5.74) is 2.36. The molecule has 0 spiro atoms. The van der Waals surface area contributed by atoms with Crippen LogP contribution in [0.5, 0.6) is 0 Å². The van der Waals surface area contributed by atoms with Gasteiger partial charge in [0.25, 0.3) is 0 Å².